The molecule has 84 valence electrons. The first-order valence-corrected chi connectivity index (χ1v) is 4.99. The molecule has 0 saturated heterocycles. The summed E-state index contributed by atoms with van der Waals surface area (Å²) in [5, 5.41) is 4.32. The van der Waals surface area contributed by atoms with Crippen molar-refractivity contribution in [1.29, 1.82) is 0 Å². The van der Waals surface area contributed by atoms with Crippen LogP contribution >= 0.6 is 11.6 Å². The molecule has 1 aromatic heterocycles. The molecule has 2 aromatic rings. The summed E-state index contributed by atoms with van der Waals surface area (Å²) in [6.07, 6.45) is 0. The summed E-state index contributed by atoms with van der Waals surface area (Å²) >= 11 is 6.03. The monoisotopic (exact) mass is 239 g/mol. The number of halogens is 1. The molecule has 0 aliphatic rings. The summed E-state index contributed by atoms with van der Waals surface area (Å²) in [4.78, 5) is 4.09. The van der Waals surface area contributed by atoms with Crippen LogP contribution < -0.4 is 10.5 Å². The molecule has 0 fully saturated rings. The first kappa shape index (κ1) is 10.9. The van der Waals surface area contributed by atoms with Crippen molar-refractivity contribution in [2.75, 3.05) is 7.11 Å². The summed E-state index contributed by atoms with van der Waals surface area (Å²) in [6, 6.07) is 5.22. The van der Waals surface area contributed by atoms with E-state index in [2.05, 4.69) is 10.1 Å². The quantitative estimate of drug-likeness (QED) is 0.885. The fourth-order valence-corrected chi connectivity index (χ4v) is 1.45. The van der Waals surface area contributed by atoms with Gasteiger partial charge in [0.25, 0.3) is 0 Å². The van der Waals surface area contributed by atoms with Crippen molar-refractivity contribution in [2.45, 2.75) is 6.54 Å². The number of ether oxygens (including phenoxy) is 1. The minimum absolute atomic E-state index is 0.203. The standard InChI is InChI=1S/C10H10ClN3O2/c1-15-6-2-3-8(11)7(4-6)10-13-9(5-12)16-14-10/h2-4H,5,12H2,1H3. The van der Waals surface area contributed by atoms with Crippen molar-refractivity contribution >= 4 is 11.6 Å². The number of aromatic nitrogens is 2. The molecular weight excluding hydrogens is 230 g/mol. The molecule has 0 radical (unpaired) electrons. The van der Waals surface area contributed by atoms with Crippen molar-refractivity contribution in [3.63, 3.8) is 0 Å². The van der Waals surface area contributed by atoms with Gasteiger partial charge in [-0.15, -0.1) is 0 Å². The molecule has 0 amide bonds. The molecule has 1 heterocycles. The molecule has 1 aromatic carbocycles. The van der Waals surface area contributed by atoms with Gasteiger partial charge in [0.1, 0.15) is 5.75 Å². The fourth-order valence-electron chi connectivity index (χ4n) is 1.25. The van der Waals surface area contributed by atoms with E-state index in [1.54, 1.807) is 25.3 Å². The van der Waals surface area contributed by atoms with Gasteiger partial charge in [0.05, 0.1) is 18.7 Å². The van der Waals surface area contributed by atoms with Gasteiger partial charge >= 0.3 is 0 Å². The predicted octanol–water partition coefficient (Wildman–Crippen LogP) is 1.86. The van der Waals surface area contributed by atoms with E-state index >= 15 is 0 Å². The van der Waals surface area contributed by atoms with Crippen LogP contribution in [0.4, 0.5) is 0 Å². The Bertz CT molecular complexity index is 499. The molecule has 2 N–H and O–H groups in total. The number of hydrogen-bond donors (Lipinski definition) is 1. The second kappa shape index (κ2) is 4.51. The highest BCUT2D eigenvalue weighted by Crippen LogP contribution is 2.29. The third kappa shape index (κ3) is 2.00. The van der Waals surface area contributed by atoms with Gasteiger partial charge in [-0.25, -0.2) is 0 Å². The largest absolute Gasteiger partial charge is 0.497 e. The third-order valence-electron chi connectivity index (χ3n) is 2.06. The fraction of sp³-hybridized carbons (Fsp3) is 0.200. The molecule has 0 spiro atoms. The van der Waals surface area contributed by atoms with Gasteiger partial charge in [0.15, 0.2) is 0 Å². The van der Waals surface area contributed by atoms with Crippen molar-refractivity contribution in [1.82, 2.24) is 10.1 Å². The van der Waals surface area contributed by atoms with Gasteiger partial charge in [0.2, 0.25) is 11.7 Å². The van der Waals surface area contributed by atoms with Gasteiger partial charge in [-0.3, -0.25) is 0 Å². The maximum Gasteiger partial charge on any atom is 0.240 e. The Labute approximate surface area is 97.2 Å². The summed E-state index contributed by atoms with van der Waals surface area (Å²) in [7, 11) is 1.58. The lowest BCUT2D eigenvalue weighted by Gasteiger charge is -2.02. The lowest BCUT2D eigenvalue weighted by Crippen LogP contribution is -1.95. The van der Waals surface area contributed by atoms with Gasteiger partial charge in [-0.1, -0.05) is 16.8 Å². The number of benzene rings is 1. The second-order valence-electron chi connectivity index (χ2n) is 3.06. The predicted molar refractivity (Wildman–Crippen MR) is 59.2 cm³/mol. The summed E-state index contributed by atoms with van der Waals surface area (Å²) in [5.74, 6) is 1.46. The van der Waals surface area contributed by atoms with Crippen LogP contribution in [0.2, 0.25) is 5.02 Å². The molecule has 0 aliphatic carbocycles. The van der Waals surface area contributed by atoms with Crippen LogP contribution in [0.5, 0.6) is 5.75 Å². The Balaban J connectivity index is 2.45. The first-order chi connectivity index (χ1) is 7.74. The summed E-state index contributed by atoms with van der Waals surface area (Å²) < 4.78 is 10.0. The van der Waals surface area contributed by atoms with Crippen LogP contribution in [0.15, 0.2) is 22.7 Å². The van der Waals surface area contributed by atoms with Crippen LogP contribution in [0.1, 0.15) is 5.89 Å². The van der Waals surface area contributed by atoms with Gasteiger partial charge < -0.3 is 15.0 Å². The number of methoxy groups -OCH3 is 1. The topological polar surface area (TPSA) is 74.2 Å². The lowest BCUT2D eigenvalue weighted by atomic mass is 10.2. The van der Waals surface area contributed by atoms with Crippen molar-refractivity contribution in [3.8, 4) is 17.1 Å². The van der Waals surface area contributed by atoms with E-state index in [9.17, 15) is 0 Å². The van der Waals surface area contributed by atoms with Crippen molar-refractivity contribution in [3.05, 3.63) is 29.1 Å². The molecular formula is C10H10ClN3O2. The van der Waals surface area contributed by atoms with Crippen LogP contribution in [0.3, 0.4) is 0 Å². The van der Waals surface area contributed by atoms with E-state index < -0.39 is 0 Å². The lowest BCUT2D eigenvalue weighted by molar-refractivity contribution is 0.380. The first-order valence-electron chi connectivity index (χ1n) is 4.61. The molecule has 0 atom stereocenters. The van der Waals surface area contributed by atoms with E-state index in [1.165, 1.54) is 0 Å². The molecule has 2 rings (SSSR count). The Morgan fingerprint density at radius 1 is 1.50 bits per heavy atom. The number of rotatable bonds is 3. The van der Waals surface area contributed by atoms with E-state index in [0.717, 1.165) is 0 Å². The summed E-state index contributed by atoms with van der Waals surface area (Å²) in [5.41, 5.74) is 6.04. The second-order valence-corrected chi connectivity index (χ2v) is 3.47. The molecule has 0 unspecified atom stereocenters. The van der Waals surface area contributed by atoms with Gasteiger partial charge in [-0.2, -0.15) is 4.98 Å². The van der Waals surface area contributed by atoms with Crippen LogP contribution in [0, 0.1) is 0 Å². The Hall–Kier alpha value is -1.59. The maximum atomic E-state index is 6.03. The maximum absolute atomic E-state index is 6.03. The highest BCUT2D eigenvalue weighted by atomic mass is 35.5. The third-order valence-corrected chi connectivity index (χ3v) is 2.39. The molecule has 5 nitrogen and oxygen atoms in total. The van der Waals surface area contributed by atoms with Crippen molar-refractivity contribution < 1.29 is 9.26 Å². The minimum Gasteiger partial charge on any atom is -0.497 e. The Morgan fingerprint density at radius 2 is 2.31 bits per heavy atom. The van der Waals surface area contributed by atoms with Crippen molar-refractivity contribution in [2.24, 2.45) is 5.73 Å². The summed E-state index contributed by atoms with van der Waals surface area (Å²) in [6.45, 7) is 0.203. The average Bonchev–Trinajstić information content (AvgIpc) is 2.78. The van der Waals surface area contributed by atoms with Gasteiger partial charge in [-0.05, 0) is 18.2 Å². The van der Waals surface area contributed by atoms with Crippen LogP contribution in [0.25, 0.3) is 11.4 Å². The molecule has 6 heteroatoms. The Kier molecular flexibility index (Phi) is 3.07. The zero-order chi connectivity index (χ0) is 11.5. The zero-order valence-electron chi connectivity index (χ0n) is 8.61. The average molecular weight is 240 g/mol. The molecule has 0 bridgehead atoms. The smallest absolute Gasteiger partial charge is 0.240 e. The SMILES string of the molecule is COc1ccc(Cl)c(-c2noc(CN)n2)c1. The van der Waals surface area contributed by atoms with Gasteiger partial charge in [0, 0.05) is 5.56 Å². The highest BCUT2D eigenvalue weighted by Gasteiger charge is 2.12. The number of hydrogen-bond acceptors (Lipinski definition) is 5. The van der Waals surface area contributed by atoms with E-state index in [0.29, 0.717) is 28.1 Å². The minimum atomic E-state index is 0.203. The molecule has 16 heavy (non-hydrogen) atoms. The van der Waals surface area contributed by atoms with E-state index in [-0.39, 0.29) is 6.54 Å². The van der Waals surface area contributed by atoms with E-state index in [4.69, 9.17) is 26.6 Å². The highest BCUT2D eigenvalue weighted by molar-refractivity contribution is 6.33. The zero-order valence-corrected chi connectivity index (χ0v) is 9.36. The normalized spacial score (nSPS) is 10.4. The Morgan fingerprint density at radius 3 is 2.94 bits per heavy atom. The van der Waals surface area contributed by atoms with Crippen LogP contribution in [-0.2, 0) is 6.54 Å². The van der Waals surface area contributed by atoms with Crippen LogP contribution in [-0.4, -0.2) is 17.3 Å². The number of nitrogens with two attached hydrogens (primary N) is 1. The number of nitrogens with zero attached hydrogens (tertiary/aromatic N) is 2. The molecule has 0 aliphatic heterocycles. The van der Waals surface area contributed by atoms with E-state index in [1.807, 2.05) is 0 Å². The molecule has 0 saturated carbocycles.